The number of nitrogens with one attached hydrogen (secondary N) is 1. The lowest BCUT2D eigenvalue weighted by molar-refractivity contribution is -0.114. The van der Waals surface area contributed by atoms with E-state index in [2.05, 4.69) is 5.32 Å². The van der Waals surface area contributed by atoms with Crippen LogP contribution in [-0.2, 0) is 14.8 Å². The van der Waals surface area contributed by atoms with Gasteiger partial charge in [0.05, 0.1) is 5.02 Å². The summed E-state index contributed by atoms with van der Waals surface area (Å²) in [4.78, 5) is 10.5. The molecule has 0 unspecified atom stereocenters. The molecule has 0 spiro atoms. The van der Waals surface area contributed by atoms with Crippen molar-refractivity contribution in [3.8, 4) is 0 Å². The summed E-state index contributed by atoms with van der Waals surface area (Å²) >= 11 is 5.69. The van der Waals surface area contributed by atoms with E-state index in [0.29, 0.717) is 5.69 Å². The van der Waals surface area contributed by atoms with Crippen LogP contribution in [0.3, 0.4) is 0 Å². The van der Waals surface area contributed by atoms with E-state index in [1.807, 2.05) is 0 Å². The Balaban J connectivity index is 3.15. The van der Waals surface area contributed by atoms with Gasteiger partial charge in [-0.2, -0.15) is 0 Å². The molecule has 0 saturated carbocycles. The number of hydrogen-bond donors (Lipinski definition) is 2. The van der Waals surface area contributed by atoms with Gasteiger partial charge in [-0.3, -0.25) is 4.79 Å². The topological polar surface area (TPSA) is 89.3 Å². The number of rotatable bonds is 2. The lowest BCUT2D eigenvalue weighted by Crippen LogP contribution is -2.13. The van der Waals surface area contributed by atoms with Crippen molar-refractivity contribution in [2.75, 3.05) is 5.32 Å². The SMILES string of the molecule is CC(=O)Nc1ccc(S(N)(=O)=O)c(Cl)c1. The van der Waals surface area contributed by atoms with Crippen LogP contribution in [0.15, 0.2) is 23.1 Å². The molecule has 0 fully saturated rings. The highest BCUT2D eigenvalue weighted by Gasteiger charge is 2.12. The third-order valence-electron chi connectivity index (χ3n) is 1.56. The molecule has 0 atom stereocenters. The monoisotopic (exact) mass is 248 g/mol. The molecule has 0 aliphatic heterocycles. The summed E-state index contributed by atoms with van der Waals surface area (Å²) < 4.78 is 22.0. The minimum atomic E-state index is -3.82. The Bertz CT molecular complexity index is 499. The molecule has 5 nitrogen and oxygen atoms in total. The quantitative estimate of drug-likeness (QED) is 0.816. The fourth-order valence-electron chi connectivity index (χ4n) is 1.01. The van der Waals surface area contributed by atoms with Gasteiger partial charge in [0.25, 0.3) is 0 Å². The largest absolute Gasteiger partial charge is 0.326 e. The lowest BCUT2D eigenvalue weighted by Gasteiger charge is -2.05. The molecule has 0 heterocycles. The molecule has 0 aliphatic rings. The molecule has 0 radical (unpaired) electrons. The number of primary sulfonamides is 1. The fourth-order valence-corrected chi connectivity index (χ4v) is 2.10. The smallest absolute Gasteiger partial charge is 0.239 e. The van der Waals surface area contributed by atoms with Crippen LogP contribution >= 0.6 is 11.6 Å². The van der Waals surface area contributed by atoms with Crippen molar-refractivity contribution in [2.24, 2.45) is 5.14 Å². The Morgan fingerprint density at radius 3 is 2.47 bits per heavy atom. The van der Waals surface area contributed by atoms with Crippen molar-refractivity contribution in [3.05, 3.63) is 23.2 Å². The molecule has 15 heavy (non-hydrogen) atoms. The number of carbonyl (C=O) groups excluding carboxylic acids is 1. The molecule has 3 N–H and O–H groups in total. The summed E-state index contributed by atoms with van der Waals surface area (Å²) in [7, 11) is -3.82. The maximum absolute atomic E-state index is 11.0. The van der Waals surface area contributed by atoms with E-state index in [4.69, 9.17) is 16.7 Å². The van der Waals surface area contributed by atoms with E-state index in [1.54, 1.807) is 0 Å². The van der Waals surface area contributed by atoms with Crippen molar-refractivity contribution in [2.45, 2.75) is 11.8 Å². The molecule has 0 aromatic heterocycles. The van der Waals surface area contributed by atoms with Gasteiger partial charge in [-0.25, -0.2) is 13.6 Å². The first-order chi connectivity index (χ1) is 6.80. The second kappa shape index (κ2) is 4.18. The summed E-state index contributed by atoms with van der Waals surface area (Å²) in [5.74, 6) is -0.269. The summed E-state index contributed by atoms with van der Waals surface area (Å²) in [6.07, 6.45) is 0. The predicted octanol–water partition coefficient (Wildman–Crippen LogP) is 0.946. The number of benzene rings is 1. The highest BCUT2D eigenvalue weighted by molar-refractivity contribution is 7.89. The van der Waals surface area contributed by atoms with Crippen LogP contribution in [0.2, 0.25) is 5.02 Å². The third kappa shape index (κ3) is 3.19. The van der Waals surface area contributed by atoms with Gasteiger partial charge in [0.1, 0.15) is 4.90 Å². The molecule has 0 saturated heterocycles. The number of halogens is 1. The van der Waals surface area contributed by atoms with E-state index < -0.39 is 10.0 Å². The number of carbonyl (C=O) groups is 1. The van der Waals surface area contributed by atoms with E-state index in [-0.39, 0.29) is 15.8 Å². The normalized spacial score (nSPS) is 11.1. The Morgan fingerprint density at radius 2 is 2.07 bits per heavy atom. The van der Waals surface area contributed by atoms with Crippen LogP contribution in [-0.4, -0.2) is 14.3 Å². The summed E-state index contributed by atoms with van der Waals surface area (Å²) in [5.41, 5.74) is 0.417. The van der Waals surface area contributed by atoms with Crippen LogP contribution in [0, 0.1) is 0 Å². The summed E-state index contributed by atoms with van der Waals surface area (Å²) in [5, 5.41) is 7.35. The van der Waals surface area contributed by atoms with Crippen molar-refractivity contribution < 1.29 is 13.2 Å². The third-order valence-corrected chi connectivity index (χ3v) is 2.95. The summed E-state index contributed by atoms with van der Waals surface area (Å²) in [6, 6.07) is 3.97. The minimum absolute atomic E-state index is 0.0243. The minimum Gasteiger partial charge on any atom is -0.326 e. The molecule has 7 heteroatoms. The Morgan fingerprint density at radius 1 is 1.47 bits per heavy atom. The molecule has 82 valence electrons. The molecule has 1 amide bonds. The predicted molar refractivity (Wildman–Crippen MR) is 57.1 cm³/mol. The zero-order chi connectivity index (χ0) is 11.6. The lowest BCUT2D eigenvalue weighted by atomic mass is 10.3. The van der Waals surface area contributed by atoms with Crippen LogP contribution in [0.25, 0.3) is 0 Å². The average molecular weight is 249 g/mol. The van der Waals surface area contributed by atoms with Gasteiger partial charge in [-0.15, -0.1) is 0 Å². The highest BCUT2D eigenvalue weighted by atomic mass is 35.5. The van der Waals surface area contributed by atoms with Crippen LogP contribution in [0.5, 0.6) is 0 Å². The zero-order valence-electron chi connectivity index (χ0n) is 7.82. The first-order valence-corrected chi connectivity index (χ1v) is 5.83. The number of anilines is 1. The molecule has 1 aromatic carbocycles. The Hall–Kier alpha value is -1.11. The zero-order valence-corrected chi connectivity index (χ0v) is 9.39. The van der Waals surface area contributed by atoms with Crippen LogP contribution in [0.1, 0.15) is 6.92 Å². The maximum atomic E-state index is 11.0. The van der Waals surface area contributed by atoms with Gasteiger partial charge in [0, 0.05) is 12.6 Å². The van der Waals surface area contributed by atoms with Gasteiger partial charge in [-0.1, -0.05) is 11.6 Å². The van der Waals surface area contributed by atoms with E-state index in [1.165, 1.54) is 25.1 Å². The second-order valence-corrected chi connectivity index (χ2v) is 4.81. The number of hydrogen-bond acceptors (Lipinski definition) is 3. The van der Waals surface area contributed by atoms with Crippen LogP contribution in [0.4, 0.5) is 5.69 Å². The van der Waals surface area contributed by atoms with Crippen molar-refractivity contribution in [3.63, 3.8) is 0 Å². The van der Waals surface area contributed by atoms with Gasteiger partial charge in [-0.05, 0) is 18.2 Å². The van der Waals surface area contributed by atoms with Gasteiger partial charge < -0.3 is 5.32 Å². The van der Waals surface area contributed by atoms with Crippen LogP contribution < -0.4 is 10.5 Å². The number of nitrogens with two attached hydrogens (primary N) is 1. The first-order valence-electron chi connectivity index (χ1n) is 3.90. The van der Waals surface area contributed by atoms with Gasteiger partial charge >= 0.3 is 0 Å². The van der Waals surface area contributed by atoms with Crippen molar-refractivity contribution in [1.82, 2.24) is 0 Å². The number of amides is 1. The Kier molecular flexibility index (Phi) is 3.33. The van der Waals surface area contributed by atoms with E-state index in [9.17, 15) is 13.2 Å². The first kappa shape index (κ1) is 12.0. The number of sulfonamides is 1. The van der Waals surface area contributed by atoms with Crippen molar-refractivity contribution in [1.29, 1.82) is 0 Å². The fraction of sp³-hybridized carbons (Fsp3) is 0.125. The molecule has 0 aliphatic carbocycles. The average Bonchev–Trinajstić information content (AvgIpc) is 1.99. The molecule has 0 bridgehead atoms. The highest BCUT2D eigenvalue weighted by Crippen LogP contribution is 2.23. The molecule has 1 rings (SSSR count). The van der Waals surface area contributed by atoms with E-state index in [0.717, 1.165) is 0 Å². The maximum Gasteiger partial charge on any atom is 0.239 e. The molecular formula is C8H9ClN2O3S. The van der Waals surface area contributed by atoms with Crippen molar-refractivity contribution >= 4 is 33.2 Å². The summed E-state index contributed by atoms with van der Waals surface area (Å²) in [6.45, 7) is 1.33. The molecular weight excluding hydrogens is 240 g/mol. The molecule has 1 aromatic rings. The van der Waals surface area contributed by atoms with Gasteiger partial charge in [0.15, 0.2) is 0 Å². The van der Waals surface area contributed by atoms with Gasteiger partial charge in [0.2, 0.25) is 15.9 Å². The Labute approximate surface area is 92.3 Å². The second-order valence-electron chi connectivity index (χ2n) is 2.87. The standard InChI is InChI=1S/C8H9ClN2O3S/c1-5(12)11-6-2-3-8(7(9)4-6)15(10,13)14/h2-4H,1H3,(H,11,12)(H2,10,13,14). The van der Waals surface area contributed by atoms with E-state index >= 15 is 0 Å².